The molecule has 0 unspecified atom stereocenters. The molecule has 0 fully saturated rings. The maximum atomic E-state index is 11.1. The number of esters is 1. The highest BCUT2D eigenvalue weighted by atomic mass is 16.5. The van der Waals surface area contributed by atoms with Crippen molar-refractivity contribution < 1.29 is 14.3 Å². The number of carbonyl (C=O) groups is 2. The quantitative estimate of drug-likeness (QED) is 0.651. The fourth-order valence-corrected chi connectivity index (χ4v) is 1.52. The number of aryl methyl sites for hydroxylation is 1. The topological polar surface area (TPSA) is 79.2 Å². The van der Waals surface area contributed by atoms with E-state index in [4.69, 9.17) is 10.00 Å². The Bertz CT molecular complexity index is 503. The molecule has 1 aromatic carbocycles. The van der Waals surface area contributed by atoms with Crippen molar-refractivity contribution in [1.29, 1.82) is 5.26 Å². The molecule has 0 bridgehead atoms. The van der Waals surface area contributed by atoms with E-state index in [9.17, 15) is 9.59 Å². The monoisotopic (exact) mass is 246 g/mol. The van der Waals surface area contributed by atoms with E-state index in [-0.39, 0.29) is 5.91 Å². The highest BCUT2D eigenvalue weighted by Crippen LogP contribution is 2.30. The molecule has 18 heavy (non-hydrogen) atoms. The molecule has 5 nitrogen and oxygen atoms in total. The van der Waals surface area contributed by atoms with Crippen LogP contribution in [0.5, 0.6) is 5.75 Å². The number of rotatable bonds is 4. The van der Waals surface area contributed by atoms with E-state index >= 15 is 0 Å². The lowest BCUT2D eigenvalue weighted by molar-refractivity contribution is -0.132. The lowest BCUT2D eigenvalue weighted by atomic mass is 10.1. The number of anilines is 1. The van der Waals surface area contributed by atoms with Crippen LogP contribution in [0.25, 0.3) is 0 Å². The molecule has 0 radical (unpaired) electrons. The first-order valence-electron chi connectivity index (χ1n) is 5.49. The highest BCUT2D eigenvalue weighted by Gasteiger charge is 2.12. The maximum absolute atomic E-state index is 11.1. The molecule has 0 aliphatic rings. The number of nitriles is 1. The second kappa shape index (κ2) is 6.40. The molecular weight excluding hydrogens is 232 g/mol. The molecule has 0 heterocycles. The van der Waals surface area contributed by atoms with E-state index in [0.29, 0.717) is 24.3 Å². The lowest BCUT2D eigenvalue weighted by Crippen LogP contribution is -2.11. The first-order chi connectivity index (χ1) is 8.54. The zero-order chi connectivity index (χ0) is 13.5. The molecule has 0 saturated heterocycles. The van der Waals surface area contributed by atoms with Gasteiger partial charge in [-0.1, -0.05) is 12.1 Å². The molecule has 0 aliphatic carbocycles. The fourth-order valence-electron chi connectivity index (χ4n) is 1.52. The number of hydrogen-bond acceptors (Lipinski definition) is 4. The van der Waals surface area contributed by atoms with Crippen molar-refractivity contribution in [3.05, 3.63) is 23.8 Å². The summed E-state index contributed by atoms with van der Waals surface area (Å²) in [5.74, 6) is -0.401. The van der Waals surface area contributed by atoms with Gasteiger partial charge in [0.25, 0.3) is 0 Å². The minimum Gasteiger partial charge on any atom is -0.424 e. The summed E-state index contributed by atoms with van der Waals surface area (Å²) in [6, 6.07) is 7.18. The predicted octanol–water partition coefficient (Wildman–Crippen LogP) is 2.03. The molecule has 0 aromatic heterocycles. The highest BCUT2D eigenvalue weighted by molar-refractivity contribution is 5.91. The summed E-state index contributed by atoms with van der Waals surface area (Å²) in [5, 5.41) is 11.2. The van der Waals surface area contributed by atoms with Crippen LogP contribution in [0, 0.1) is 11.3 Å². The van der Waals surface area contributed by atoms with Gasteiger partial charge < -0.3 is 10.1 Å². The van der Waals surface area contributed by atoms with Crippen molar-refractivity contribution in [2.24, 2.45) is 0 Å². The SMILES string of the molecule is CC(=O)Nc1cccc(CCC#N)c1OC(C)=O. The first-order valence-corrected chi connectivity index (χ1v) is 5.49. The van der Waals surface area contributed by atoms with Crippen molar-refractivity contribution in [1.82, 2.24) is 0 Å². The van der Waals surface area contributed by atoms with Gasteiger partial charge >= 0.3 is 5.97 Å². The third-order valence-electron chi connectivity index (χ3n) is 2.16. The summed E-state index contributed by atoms with van der Waals surface area (Å²) < 4.78 is 5.11. The second-order valence-electron chi connectivity index (χ2n) is 3.73. The third kappa shape index (κ3) is 3.91. The zero-order valence-corrected chi connectivity index (χ0v) is 10.3. The predicted molar refractivity (Wildman–Crippen MR) is 66.0 cm³/mol. The van der Waals surface area contributed by atoms with Gasteiger partial charge in [-0.25, -0.2) is 0 Å². The van der Waals surface area contributed by atoms with Crippen molar-refractivity contribution >= 4 is 17.6 Å². The number of nitrogens with one attached hydrogen (secondary N) is 1. The van der Waals surface area contributed by atoms with Gasteiger partial charge in [-0.05, 0) is 18.1 Å². The summed E-state index contributed by atoms with van der Waals surface area (Å²) in [5.41, 5.74) is 1.16. The number of benzene rings is 1. The third-order valence-corrected chi connectivity index (χ3v) is 2.16. The number of nitrogens with zero attached hydrogens (tertiary/aromatic N) is 1. The molecule has 94 valence electrons. The Morgan fingerprint density at radius 2 is 2.11 bits per heavy atom. The van der Waals surface area contributed by atoms with E-state index in [1.807, 2.05) is 6.07 Å². The van der Waals surface area contributed by atoms with Crippen molar-refractivity contribution in [3.63, 3.8) is 0 Å². The Labute approximate surface area is 105 Å². The van der Waals surface area contributed by atoms with E-state index in [2.05, 4.69) is 5.32 Å². The Hall–Kier alpha value is -2.35. The van der Waals surface area contributed by atoms with Crippen molar-refractivity contribution in [2.45, 2.75) is 26.7 Å². The number of carbonyl (C=O) groups excluding carboxylic acids is 2. The van der Waals surface area contributed by atoms with Gasteiger partial charge in [-0.15, -0.1) is 0 Å². The first kappa shape index (κ1) is 13.7. The van der Waals surface area contributed by atoms with Crippen LogP contribution in [0.3, 0.4) is 0 Å². The van der Waals surface area contributed by atoms with Crippen LogP contribution >= 0.6 is 0 Å². The maximum Gasteiger partial charge on any atom is 0.308 e. The van der Waals surface area contributed by atoms with Gasteiger partial charge in [0.15, 0.2) is 5.75 Å². The van der Waals surface area contributed by atoms with Crippen LogP contribution in [-0.2, 0) is 16.0 Å². The van der Waals surface area contributed by atoms with Crippen LogP contribution in [0.2, 0.25) is 0 Å². The zero-order valence-electron chi connectivity index (χ0n) is 10.3. The van der Waals surface area contributed by atoms with Crippen LogP contribution in [0.4, 0.5) is 5.69 Å². The Morgan fingerprint density at radius 3 is 2.67 bits per heavy atom. The molecule has 1 amide bonds. The standard InChI is InChI=1S/C13H14N2O3/c1-9(16)15-12-7-3-5-11(6-4-8-14)13(12)18-10(2)17/h3,5,7H,4,6H2,1-2H3,(H,15,16). The number of hydrogen-bond donors (Lipinski definition) is 1. The molecule has 5 heteroatoms. The Balaban J connectivity index is 3.12. The van der Waals surface area contributed by atoms with Gasteiger partial charge in [-0.3, -0.25) is 9.59 Å². The normalized spacial score (nSPS) is 9.39. The van der Waals surface area contributed by atoms with Gasteiger partial charge in [0.1, 0.15) is 0 Å². The van der Waals surface area contributed by atoms with Crippen LogP contribution in [0.15, 0.2) is 18.2 Å². The van der Waals surface area contributed by atoms with Crippen LogP contribution in [0.1, 0.15) is 25.8 Å². The summed E-state index contributed by atoms with van der Waals surface area (Å²) in [6.45, 7) is 2.66. The van der Waals surface area contributed by atoms with E-state index < -0.39 is 5.97 Å². The number of amides is 1. The fraction of sp³-hybridized carbons (Fsp3) is 0.308. The number of ether oxygens (including phenoxy) is 1. The summed E-state index contributed by atoms with van der Waals surface area (Å²) >= 11 is 0. The molecule has 1 N–H and O–H groups in total. The van der Waals surface area contributed by atoms with Gasteiger partial charge in [0.05, 0.1) is 11.8 Å². The molecule has 0 spiro atoms. The summed E-state index contributed by atoms with van der Waals surface area (Å²) in [7, 11) is 0. The minimum atomic E-state index is -0.467. The molecule has 0 saturated carbocycles. The Morgan fingerprint density at radius 1 is 1.39 bits per heavy atom. The number of para-hydroxylation sites is 1. The van der Waals surface area contributed by atoms with Gasteiger partial charge in [0.2, 0.25) is 5.91 Å². The van der Waals surface area contributed by atoms with E-state index in [1.54, 1.807) is 18.2 Å². The largest absolute Gasteiger partial charge is 0.424 e. The average Bonchev–Trinajstić information content (AvgIpc) is 2.28. The summed E-state index contributed by atoms with van der Waals surface area (Å²) in [6.07, 6.45) is 0.782. The molecule has 1 rings (SSSR count). The average molecular weight is 246 g/mol. The van der Waals surface area contributed by atoms with Gasteiger partial charge in [0, 0.05) is 20.3 Å². The second-order valence-corrected chi connectivity index (χ2v) is 3.73. The Kier molecular flexibility index (Phi) is 4.88. The van der Waals surface area contributed by atoms with Crippen LogP contribution in [-0.4, -0.2) is 11.9 Å². The van der Waals surface area contributed by atoms with Gasteiger partial charge in [-0.2, -0.15) is 5.26 Å². The van der Waals surface area contributed by atoms with Crippen molar-refractivity contribution in [2.75, 3.05) is 5.32 Å². The van der Waals surface area contributed by atoms with Crippen molar-refractivity contribution in [3.8, 4) is 11.8 Å². The van der Waals surface area contributed by atoms with E-state index in [1.165, 1.54) is 13.8 Å². The molecule has 0 aliphatic heterocycles. The smallest absolute Gasteiger partial charge is 0.308 e. The minimum absolute atomic E-state index is 0.249. The molecular formula is C13H14N2O3. The molecule has 1 aromatic rings. The van der Waals surface area contributed by atoms with Crippen LogP contribution < -0.4 is 10.1 Å². The lowest BCUT2D eigenvalue weighted by Gasteiger charge is -2.13. The summed E-state index contributed by atoms with van der Waals surface area (Å²) in [4.78, 5) is 22.1. The van der Waals surface area contributed by atoms with E-state index in [0.717, 1.165) is 5.56 Å². The molecule has 0 atom stereocenters.